The molecular formula is C24H36N4O7S. The monoisotopic (exact) mass is 524 g/mol. The van der Waals surface area contributed by atoms with Gasteiger partial charge in [-0.2, -0.15) is 0 Å². The number of carboxylic acid groups (broad SMARTS) is 3. The normalized spacial score (nSPS) is 16.1. The number of hydrogen-bond acceptors (Lipinski definition) is 8. The SMILES string of the molecule is CCN1CCCC1CN(Cc1cccs1)Cc1cncn1CC.O=C(O)CC(O)(CC(=O)O)C(=O)O. The fourth-order valence-electron chi connectivity index (χ4n) is 4.33. The van der Waals surface area contributed by atoms with E-state index in [1.54, 1.807) is 0 Å². The minimum atomic E-state index is -2.74. The third kappa shape index (κ3) is 9.01. The van der Waals surface area contributed by atoms with E-state index in [9.17, 15) is 14.4 Å². The zero-order valence-electron chi connectivity index (χ0n) is 20.7. The molecule has 0 amide bonds. The predicted molar refractivity (Wildman–Crippen MR) is 134 cm³/mol. The van der Waals surface area contributed by atoms with Crippen LogP contribution in [0.5, 0.6) is 0 Å². The van der Waals surface area contributed by atoms with Crippen molar-refractivity contribution in [2.45, 2.75) is 70.8 Å². The lowest BCUT2D eigenvalue weighted by Gasteiger charge is -2.30. The number of aliphatic hydroxyl groups is 1. The fraction of sp³-hybridized carbons (Fsp3) is 0.583. The number of aryl methyl sites for hydroxylation is 1. The number of carboxylic acids is 3. The Balaban J connectivity index is 0.000000302. The molecule has 3 rings (SSSR count). The van der Waals surface area contributed by atoms with Crippen LogP contribution in [-0.4, -0.2) is 89.0 Å². The second-order valence-corrected chi connectivity index (χ2v) is 9.85. The van der Waals surface area contributed by atoms with Gasteiger partial charge in [0.05, 0.1) is 24.9 Å². The molecule has 1 unspecified atom stereocenters. The van der Waals surface area contributed by atoms with Crippen LogP contribution >= 0.6 is 11.3 Å². The van der Waals surface area contributed by atoms with Crippen LogP contribution in [0.2, 0.25) is 0 Å². The molecule has 0 spiro atoms. The average Bonchev–Trinajstić information content (AvgIpc) is 3.55. The Morgan fingerprint density at radius 1 is 1.14 bits per heavy atom. The van der Waals surface area contributed by atoms with Gasteiger partial charge in [0.2, 0.25) is 0 Å². The molecule has 12 heteroatoms. The van der Waals surface area contributed by atoms with Crippen LogP contribution in [0.4, 0.5) is 0 Å². The van der Waals surface area contributed by atoms with Crippen LogP contribution in [0.3, 0.4) is 0 Å². The van der Waals surface area contributed by atoms with Crippen molar-refractivity contribution in [2.24, 2.45) is 0 Å². The van der Waals surface area contributed by atoms with Crippen molar-refractivity contribution in [3.8, 4) is 0 Å². The van der Waals surface area contributed by atoms with Crippen molar-refractivity contribution in [2.75, 3.05) is 19.6 Å². The van der Waals surface area contributed by atoms with Crippen LogP contribution in [0.1, 0.15) is 50.1 Å². The van der Waals surface area contributed by atoms with Crippen molar-refractivity contribution in [1.29, 1.82) is 0 Å². The first kappa shape index (κ1) is 29.4. The summed E-state index contributed by atoms with van der Waals surface area (Å²) in [6, 6.07) is 5.11. The summed E-state index contributed by atoms with van der Waals surface area (Å²) in [6.45, 7) is 11.1. The van der Waals surface area contributed by atoms with Gasteiger partial charge in [-0.15, -0.1) is 11.3 Å². The van der Waals surface area contributed by atoms with Crippen LogP contribution < -0.4 is 0 Å². The number of imidazole rings is 1. The van der Waals surface area contributed by atoms with E-state index in [4.69, 9.17) is 20.4 Å². The van der Waals surface area contributed by atoms with Gasteiger partial charge in [-0.1, -0.05) is 13.0 Å². The van der Waals surface area contributed by atoms with Crippen LogP contribution in [0.25, 0.3) is 0 Å². The van der Waals surface area contributed by atoms with Gasteiger partial charge < -0.3 is 25.0 Å². The first-order valence-electron chi connectivity index (χ1n) is 11.9. The van der Waals surface area contributed by atoms with E-state index in [-0.39, 0.29) is 0 Å². The smallest absolute Gasteiger partial charge is 0.336 e. The van der Waals surface area contributed by atoms with Gasteiger partial charge >= 0.3 is 17.9 Å². The third-order valence-corrected chi connectivity index (χ3v) is 7.01. The Morgan fingerprint density at radius 3 is 2.36 bits per heavy atom. The minimum Gasteiger partial charge on any atom is -0.481 e. The molecule has 0 aliphatic carbocycles. The fourth-order valence-corrected chi connectivity index (χ4v) is 5.08. The lowest BCUT2D eigenvalue weighted by Crippen LogP contribution is -2.42. The molecule has 0 bridgehead atoms. The first-order valence-corrected chi connectivity index (χ1v) is 12.8. The van der Waals surface area contributed by atoms with Crippen LogP contribution in [0, 0.1) is 0 Å². The van der Waals surface area contributed by atoms with Gasteiger partial charge in [0.1, 0.15) is 0 Å². The molecule has 0 saturated carbocycles. The number of thiophene rings is 1. The predicted octanol–water partition coefficient (Wildman–Crippen LogP) is 2.20. The summed E-state index contributed by atoms with van der Waals surface area (Å²) in [7, 11) is 0. The van der Waals surface area contributed by atoms with Gasteiger partial charge in [-0.3, -0.25) is 19.4 Å². The van der Waals surface area contributed by atoms with E-state index in [2.05, 4.69) is 50.7 Å². The summed E-state index contributed by atoms with van der Waals surface area (Å²) >= 11 is 1.86. The molecule has 3 heterocycles. The van der Waals surface area contributed by atoms with E-state index in [1.165, 1.54) is 36.5 Å². The second-order valence-electron chi connectivity index (χ2n) is 8.82. The number of aliphatic carboxylic acids is 3. The average molecular weight is 525 g/mol. The Labute approximate surface area is 214 Å². The lowest BCUT2D eigenvalue weighted by atomic mass is 9.96. The molecule has 200 valence electrons. The molecule has 0 radical (unpaired) electrons. The maximum Gasteiger partial charge on any atom is 0.336 e. The molecule has 36 heavy (non-hydrogen) atoms. The zero-order chi connectivity index (χ0) is 26.7. The van der Waals surface area contributed by atoms with Gasteiger partial charge in [0, 0.05) is 43.3 Å². The number of rotatable bonds is 13. The van der Waals surface area contributed by atoms with Crippen molar-refractivity contribution >= 4 is 29.2 Å². The van der Waals surface area contributed by atoms with Gasteiger partial charge in [0.15, 0.2) is 5.60 Å². The maximum absolute atomic E-state index is 10.3. The Morgan fingerprint density at radius 2 is 1.83 bits per heavy atom. The summed E-state index contributed by atoms with van der Waals surface area (Å²) in [5.74, 6) is -5.02. The maximum atomic E-state index is 10.3. The molecule has 1 aliphatic heterocycles. The molecule has 4 N–H and O–H groups in total. The van der Waals surface area contributed by atoms with E-state index in [0.29, 0.717) is 6.04 Å². The van der Waals surface area contributed by atoms with Crippen LogP contribution in [0.15, 0.2) is 30.0 Å². The second kappa shape index (κ2) is 14.1. The molecule has 2 aromatic rings. The van der Waals surface area contributed by atoms with Gasteiger partial charge in [-0.25, -0.2) is 9.78 Å². The van der Waals surface area contributed by atoms with Crippen molar-refractivity contribution in [3.63, 3.8) is 0 Å². The molecule has 1 saturated heterocycles. The number of aromatic nitrogens is 2. The van der Waals surface area contributed by atoms with E-state index in [1.807, 2.05) is 23.9 Å². The summed E-state index contributed by atoms with van der Waals surface area (Å²) in [6.07, 6.45) is 4.37. The Bertz CT molecular complexity index is 963. The summed E-state index contributed by atoms with van der Waals surface area (Å²) in [4.78, 5) is 41.5. The molecule has 1 aliphatic rings. The first-order chi connectivity index (χ1) is 17.1. The molecule has 1 atom stereocenters. The Hall–Kier alpha value is -2.80. The number of nitrogens with zero attached hydrogens (tertiary/aromatic N) is 4. The molecule has 11 nitrogen and oxygen atoms in total. The highest BCUT2D eigenvalue weighted by Gasteiger charge is 2.40. The third-order valence-electron chi connectivity index (χ3n) is 6.14. The van der Waals surface area contributed by atoms with Crippen LogP contribution in [-0.2, 0) is 34.0 Å². The highest BCUT2D eigenvalue weighted by Crippen LogP contribution is 2.21. The highest BCUT2D eigenvalue weighted by molar-refractivity contribution is 7.09. The minimum absolute atomic E-state index is 0.706. The highest BCUT2D eigenvalue weighted by atomic mass is 32.1. The number of carbonyl (C=O) groups is 3. The van der Waals surface area contributed by atoms with E-state index >= 15 is 0 Å². The molecule has 2 aromatic heterocycles. The Kier molecular flexibility index (Phi) is 11.5. The standard InChI is InChI=1S/C18H28N4S.C6H8O7/c1-3-21-9-5-7-16(21)12-20(14-18-8-6-10-23-18)13-17-11-19-15-22(17)4-2;7-3(8)1-6(13,5(11)12)2-4(9)10/h6,8,10-11,15-16H,3-5,7,9,12-14H2,1-2H3;13H,1-2H2,(H,7,8)(H,9,10)(H,11,12). The summed E-state index contributed by atoms with van der Waals surface area (Å²) in [5, 5.41) is 36.0. The zero-order valence-corrected chi connectivity index (χ0v) is 21.6. The topological polar surface area (TPSA) is 156 Å². The van der Waals surface area contributed by atoms with E-state index in [0.717, 1.165) is 26.2 Å². The molecule has 1 fully saturated rings. The molecular weight excluding hydrogens is 488 g/mol. The molecule has 0 aromatic carbocycles. The van der Waals surface area contributed by atoms with Crippen molar-refractivity contribution in [3.05, 3.63) is 40.6 Å². The van der Waals surface area contributed by atoms with E-state index < -0.39 is 36.4 Å². The summed E-state index contributed by atoms with van der Waals surface area (Å²) in [5.41, 5.74) is -1.41. The number of likely N-dealkylation sites (tertiary alicyclic amines) is 1. The van der Waals surface area contributed by atoms with Crippen molar-refractivity contribution in [1.82, 2.24) is 19.4 Å². The largest absolute Gasteiger partial charge is 0.481 e. The number of likely N-dealkylation sites (N-methyl/N-ethyl adjacent to an activating group) is 1. The van der Waals surface area contributed by atoms with Gasteiger partial charge in [0.25, 0.3) is 0 Å². The quantitative estimate of drug-likeness (QED) is 0.306. The van der Waals surface area contributed by atoms with Crippen molar-refractivity contribution < 1.29 is 34.8 Å². The number of hydrogen-bond donors (Lipinski definition) is 4. The van der Waals surface area contributed by atoms with Gasteiger partial charge in [-0.05, 0) is 44.3 Å². The lowest BCUT2D eigenvalue weighted by molar-refractivity contribution is -0.170. The summed E-state index contributed by atoms with van der Waals surface area (Å²) < 4.78 is 2.26.